The second-order valence-corrected chi connectivity index (χ2v) is 4.63. The number of benzene rings is 1. The Balaban J connectivity index is 0.00000120. The van der Waals surface area contributed by atoms with Crippen molar-refractivity contribution in [2.24, 2.45) is 0 Å². The molecule has 2 heterocycles. The lowest BCUT2D eigenvalue weighted by molar-refractivity contribution is 0.720. The van der Waals surface area contributed by atoms with Gasteiger partial charge in [-0.1, -0.05) is 24.3 Å². The maximum Gasteiger partial charge on any atom is 0.129 e. The summed E-state index contributed by atoms with van der Waals surface area (Å²) in [6, 6.07) is 12.9. The SMILES string of the molecule is Cc1ccnc(N2CCc3ccccc3C2)c1.N. The molecule has 3 rings (SSSR count). The summed E-state index contributed by atoms with van der Waals surface area (Å²) in [5.41, 5.74) is 4.19. The van der Waals surface area contributed by atoms with Crippen LogP contribution < -0.4 is 11.1 Å². The molecule has 94 valence electrons. The van der Waals surface area contributed by atoms with Crippen LogP contribution in [-0.2, 0) is 13.0 Å². The minimum absolute atomic E-state index is 0. The fourth-order valence-corrected chi connectivity index (χ4v) is 2.38. The summed E-state index contributed by atoms with van der Waals surface area (Å²) in [6.45, 7) is 4.16. The van der Waals surface area contributed by atoms with Crippen LogP contribution in [0.5, 0.6) is 0 Å². The first-order valence-electron chi connectivity index (χ1n) is 6.07. The van der Waals surface area contributed by atoms with Gasteiger partial charge in [-0.3, -0.25) is 0 Å². The number of aromatic nitrogens is 1. The van der Waals surface area contributed by atoms with Crippen molar-refractivity contribution in [3.05, 3.63) is 59.3 Å². The summed E-state index contributed by atoms with van der Waals surface area (Å²) < 4.78 is 0. The zero-order chi connectivity index (χ0) is 11.7. The van der Waals surface area contributed by atoms with Crippen LogP contribution >= 0.6 is 0 Å². The van der Waals surface area contributed by atoms with Crippen LogP contribution in [0.4, 0.5) is 5.82 Å². The van der Waals surface area contributed by atoms with Crippen LogP contribution in [0, 0.1) is 6.92 Å². The number of nitrogens with zero attached hydrogens (tertiary/aromatic N) is 2. The molecule has 2 aromatic rings. The number of hydrogen-bond acceptors (Lipinski definition) is 3. The predicted molar refractivity (Wildman–Crippen MR) is 75.2 cm³/mol. The second kappa shape index (κ2) is 5.19. The highest BCUT2D eigenvalue weighted by atomic mass is 15.2. The summed E-state index contributed by atoms with van der Waals surface area (Å²) in [6.07, 6.45) is 3.01. The van der Waals surface area contributed by atoms with Gasteiger partial charge >= 0.3 is 0 Å². The van der Waals surface area contributed by atoms with Crippen LogP contribution in [0.1, 0.15) is 16.7 Å². The van der Waals surface area contributed by atoms with Crippen molar-refractivity contribution in [3.63, 3.8) is 0 Å². The Morgan fingerprint density at radius 2 is 1.89 bits per heavy atom. The van der Waals surface area contributed by atoms with E-state index in [4.69, 9.17) is 0 Å². The first kappa shape index (κ1) is 12.6. The Kier molecular flexibility index (Phi) is 3.63. The predicted octanol–water partition coefficient (Wildman–Crippen LogP) is 3.11. The van der Waals surface area contributed by atoms with Crippen LogP contribution in [0.3, 0.4) is 0 Å². The Bertz CT molecular complexity index is 537. The third-order valence-corrected chi connectivity index (χ3v) is 3.36. The fraction of sp³-hybridized carbons (Fsp3) is 0.267. The van der Waals surface area contributed by atoms with Gasteiger partial charge in [0, 0.05) is 19.3 Å². The summed E-state index contributed by atoms with van der Waals surface area (Å²) in [5.74, 6) is 1.10. The van der Waals surface area contributed by atoms with Gasteiger partial charge in [0.25, 0.3) is 0 Å². The van der Waals surface area contributed by atoms with Crippen LogP contribution in [0.25, 0.3) is 0 Å². The lowest BCUT2D eigenvalue weighted by Crippen LogP contribution is -2.30. The van der Waals surface area contributed by atoms with Gasteiger partial charge in [-0.25, -0.2) is 4.98 Å². The average molecular weight is 241 g/mol. The Hall–Kier alpha value is -1.87. The number of rotatable bonds is 1. The molecule has 0 bridgehead atoms. The summed E-state index contributed by atoms with van der Waals surface area (Å²) in [7, 11) is 0. The van der Waals surface area contributed by atoms with Gasteiger partial charge in [0.15, 0.2) is 0 Å². The van der Waals surface area contributed by atoms with E-state index in [1.807, 2.05) is 12.3 Å². The smallest absolute Gasteiger partial charge is 0.129 e. The first-order valence-corrected chi connectivity index (χ1v) is 6.07. The van der Waals surface area contributed by atoms with E-state index in [9.17, 15) is 0 Å². The molecule has 1 aliphatic heterocycles. The number of fused-ring (bicyclic) bond motifs is 1. The van der Waals surface area contributed by atoms with Crippen LogP contribution in [0.15, 0.2) is 42.6 Å². The molecule has 0 radical (unpaired) electrons. The molecule has 1 aliphatic rings. The third kappa shape index (κ3) is 2.36. The molecule has 3 heteroatoms. The number of aryl methyl sites for hydroxylation is 1. The van der Waals surface area contributed by atoms with Crippen molar-refractivity contribution < 1.29 is 0 Å². The zero-order valence-electron chi connectivity index (χ0n) is 10.8. The van der Waals surface area contributed by atoms with Crippen molar-refractivity contribution in [1.82, 2.24) is 11.1 Å². The molecule has 3 N–H and O–H groups in total. The Morgan fingerprint density at radius 3 is 2.67 bits per heavy atom. The van der Waals surface area contributed by atoms with Gasteiger partial charge in [-0.15, -0.1) is 0 Å². The molecule has 1 aromatic heterocycles. The molecule has 0 saturated carbocycles. The summed E-state index contributed by atoms with van der Waals surface area (Å²) in [4.78, 5) is 6.82. The van der Waals surface area contributed by atoms with Crippen molar-refractivity contribution in [2.45, 2.75) is 19.9 Å². The van der Waals surface area contributed by atoms with Crippen molar-refractivity contribution in [2.75, 3.05) is 11.4 Å². The van der Waals surface area contributed by atoms with E-state index >= 15 is 0 Å². The molecule has 3 nitrogen and oxygen atoms in total. The quantitative estimate of drug-likeness (QED) is 0.834. The molecular weight excluding hydrogens is 222 g/mol. The molecule has 0 unspecified atom stereocenters. The lowest BCUT2D eigenvalue weighted by atomic mass is 10.00. The monoisotopic (exact) mass is 241 g/mol. The van der Waals surface area contributed by atoms with Crippen LogP contribution in [0.2, 0.25) is 0 Å². The Morgan fingerprint density at radius 1 is 1.11 bits per heavy atom. The zero-order valence-corrected chi connectivity index (χ0v) is 10.8. The first-order chi connectivity index (χ1) is 8.33. The van der Waals surface area contributed by atoms with Crippen molar-refractivity contribution in [1.29, 1.82) is 0 Å². The minimum Gasteiger partial charge on any atom is -0.352 e. The Labute approximate surface area is 108 Å². The molecule has 0 saturated heterocycles. The van der Waals surface area contributed by atoms with Gasteiger partial charge in [0.1, 0.15) is 5.82 Å². The molecular formula is C15H19N3. The molecule has 0 spiro atoms. The highest BCUT2D eigenvalue weighted by Gasteiger charge is 2.16. The van der Waals surface area contributed by atoms with E-state index in [1.165, 1.54) is 16.7 Å². The molecule has 1 aromatic carbocycles. The third-order valence-electron chi connectivity index (χ3n) is 3.36. The number of hydrogen-bond donors (Lipinski definition) is 1. The van der Waals surface area contributed by atoms with E-state index in [1.54, 1.807) is 0 Å². The maximum atomic E-state index is 4.46. The van der Waals surface area contributed by atoms with E-state index < -0.39 is 0 Å². The second-order valence-electron chi connectivity index (χ2n) is 4.63. The van der Waals surface area contributed by atoms with Gasteiger partial charge in [-0.05, 0) is 42.2 Å². The number of pyridine rings is 1. The highest BCUT2D eigenvalue weighted by Crippen LogP contribution is 2.23. The van der Waals surface area contributed by atoms with Gasteiger partial charge in [-0.2, -0.15) is 0 Å². The van der Waals surface area contributed by atoms with Gasteiger partial charge < -0.3 is 11.1 Å². The lowest BCUT2D eigenvalue weighted by Gasteiger charge is -2.29. The molecule has 0 aliphatic carbocycles. The molecule has 0 amide bonds. The van der Waals surface area contributed by atoms with E-state index in [-0.39, 0.29) is 6.15 Å². The van der Waals surface area contributed by atoms with Gasteiger partial charge in [0.2, 0.25) is 0 Å². The van der Waals surface area contributed by atoms with Crippen molar-refractivity contribution >= 4 is 5.82 Å². The highest BCUT2D eigenvalue weighted by molar-refractivity contribution is 5.45. The average Bonchev–Trinajstić information content (AvgIpc) is 2.38. The normalized spacial score (nSPS) is 13.7. The van der Waals surface area contributed by atoms with Crippen molar-refractivity contribution in [3.8, 4) is 0 Å². The topological polar surface area (TPSA) is 51.1 Å². The molecule has 0 atom stereocenters. The molecule has 0 fully saturated rings. The maximum absolute atomic E-state index is 4.46. The fourth-order valence-electron chi connectivity index (χ4n) is 2.38. The minimum atomic E-state index is 0. The summed E-state index contributed by atoms with van der Waals surface area (Å²) >= 11 is 0. The number of anilines is 1. The standard InChI is InChI=1S/C15H16N2.H3N/c1-12-6-8-16-15(10-12)17-9-7-13-4-2-3-5-14(13)11-17;/h2-6,8,10H,7,9,11H2,1H3;1H3. The summed E-state index contributed by atoms with van der Waals surface area (Å²) in [5, 5.41) is 0. The van der Waals surface area contributed by atoms with E-state index in [0.29, 0.717) is 0 Å². The van der Waals surface area contributed by atoms with E-state index in [2.05, 4.69) is 47.1 Å². The van der Waals surface area contributed by atoms with Crippen LogP contribution in [-0.4, -0.2) is 11.5 Å². The van der Waals surface area contributed by atoms with E-state index in [0.717, 1.165) is 25.3 Å². The van der Waals surface area contributed by atoms with Gasteiger partial charge in [0.05, 0.1) is 0 Å². The largest absolute Gasteiger partial charge is 0.352 e. The molecule has 18 heavy (non-hydrogen) atoms.